The standard InChI is InChI=1S/C22H27ClN6O2S2/c1-13-11-16(9-10-17(13)23)31-14(2)19-25-28-22(29(19)3)32-12-18(30)24-21-27-26-20(33-21)15-7-5-4-6-8-15/h9-11,14-15H,4-8,12H2,1-3H3,(H,24,27,30). The molecule has 1 N–H and O–H groups in total. The number of aryl methyl sites for hydroxylation is 1. The number of carbonyl (C=O) groups is 1. The molecular weight excluding hydrogens is 480 g/mol. The van der Waals surface area contributed by atoms with E-state index >= 15 is 0 Å². The minimum atomic E-state index is -0.314. The van der Waals surface area contributed by atoms with Crippen LogP contribution in [0, 0.1) is 6.92 Å². The largest absolute Gasteiger partial charge is 0.483 e. The van der Waals surface area contributed by atoms with Crippen molar-refractivity contribution in [2.24, 2.45) is 7.05 Å². The van der Waals surface area contributed by atoms with Crippen molar-refractivity contribution in [1.29, 1.82) is 0 Å². The number of hydrogen-bond acceptors (Lipinski definition) is 8. The lowest BCUT2D eigenvalue weighted by Gasteiger charge is -2.18. The summed E-state index contributed by atoms with van der Waals surface area (Å²) in [6.07, 6.45) is 5.78. The molecule has 2 heterocycles. The Morgan fingerprint density at radius 3 is 2.82 bits per heavy atom. The number of benzene rings is 1. The van der Waals surface area contributed by atoms with Gasteiger partial charge in [0.05, 0.1) is 5.75 Å². The fourth-order valence-corrected chi connectivity index (χ4v) is 5.60. The van der Waals surface area contributed by atoms with Gasteiger partial charge in [-0.15, -0.1) is 20.4 Å². The van der Waals surface area contributed by atoms with Crippen molar-refractivity contribution < 1.29 is 9.53 Å². The molecule has 176 valence electrons. The van der Waals surface area contributed by atoms with Crippen molar-refractivity contribution in [2.75, 3.05) is 11.1 Å². The minimum Gasteiger partial charge on any atom is -0.483 e. The lowest BCUT2D eigenvalue weighted by Crippen LogP contribution is -2.14. The number of hydrogen-bond donors (Lipinski definition) is 1. The molecule has 1 fully saturated rings. The molecule has 1 amide bonds. The fourth-order valence-electron chi connectivity index (χ4n) is 3.84. The Morgan fingerprint density at radius 1 is 1.27 bits per heavy atom. The first-order valence-corrected chi connectivity index (χ1v) is 13.2. The third-order valence-corrected chi connectivity index (χ3v) is 8.09. The number of ether oxygens (including phenoxy) is 1. The Balaban J connectivity index is 1.30. The molecule has 1 aliphatic rings. The highest BCUT2D eigenvalue weighted by Crippen LogP contribution is 2.35. The monoisotopic (exact) mass is 506 g/mol. The minimum absolute atomic E-state index is 0.142. The molecule has 1 unspecified atom stereocenters. The number of rotatable bonds is 8. The summed E-state index contributed by atoms with van der Waals surface area (Å²) in [6.45, 7) is 3.84. The fraction of sp³-hybridized carbons (Fsp3) is 0.500. The summed E-state index contributed by atoms with van der Waals surface area (Å²) in [6, 6.07) is 5.53. The maximum absolute atomic E-state index is 12.4. The second-order valence-corrected chi connectivity index (χ2v) is 10.5. The van der Waals surface area contributed by atoms with Crippen LogP contribution in [-0.2, 0) is 11.8 Å². The quantitative estimate of drug-likeness (QED) is 0.400. The van der Waals surface area contributed by atoms with Crippen LogP contribution in [0.2, 0.25) is 5.02 Å². The van der Waals surface area contributed by atoms with Crippen LogP contribution in [0.4, 0.5) is 5.13 Å². The first kappa shape index (κ1) is 24.0. The number of amides is 1. The van der Waals surface area contributed by atoms with Crippen LogP contribution < -0.4 is 10.1 Å². The van der Waals surface area contributed by atoms with E-state index < -0.39 is 0 Å². The molecule has 2 aromatic heterocycles. The van der Waals surface area contributed by atoms with Crippen LogP contribution in [0.5, 0.6) is 5.75 Å². The number of anilines is 1. The van der Waals surface area contributed by atoms with E-state index in [1.165, 1.54) is 42.4 Å². The predicted octanol–water partition coefficient (Wildman–Crippen LogP) is 5.55. The average Bonchev–Trinajstić information content (AvgIpc) is 3.42. The maximum Gasteiger partial charge on any atom is 0.236 e. The molecule has 0 saturated heterocycles. The Kier molecular flexibility index (Phi) is 7.87. The Labute approximate surface area is 206 Å². The van der Waals surface area contributed by atoms with Crippen LogP contribution in [-0.4, -0.2) is 36.6 Å². The van der Waals surface area contributed by atoms with Gasteiger partial charge in [-0.1, -0.05) is 54.0 Å². The van der Waals surface area contributed by atoms with E-state index in [0.29, 0.717) is 32.8 Å². The van der Waals surface area contributed by atoms with Gasteiger partial charge in [-0.3, -0.25) is 10.1 Å². The molecular formula is C22H27ClN6O2S2. The summed E-state index contributed by atoms with van der Waals surface area (Å²) >= 11 is 8.89. The zero-order valence-corrected chi connectivity index (χ0v) is 21.3. The molecule has 11 heteroatoms. The maximum atomic E-state index is 12.4. The first-order chi connectivity index (χ1) is 15.9. The smallest absolute Gasteiger partial charge is 0.236 e. The number of nitrogens with one attached hydrogen (secondary N) is 1. The van der Waals surface area contributed by atoms with E-state index in [0.717, 1.165) is 23.4 Å². The molecule has 8 nitrogen and oxygen atoms in total. The van der Waals surface area contributed by atoms with Gasteiger partial charge in [0.15, 0.2) is 17.1 Å². The van der Waals surface area contributed by atoms with Crippen LogP contribution >= 0.6 is 34.7 Å². The van der Waals surface area contributed by atoms with Gasteiger partial charge in [0.1, 0.15) is 10.8 Å². The molecule has 0 bridgehead atoms. The van der Waals surface area contributed by atoms with Crippen molar-refractivity contribution in [1.82, 2.24) is 25.0 Å². The normalized spacial score (nSPS) is 15.4. The second-order valence-electron chi connectivity index (χ2n) is 8.19. The van der Waals surface area contributed by atoms with Gasteiger partial charge in [-0.05, 0) is 50.5 Å². The molecule has 33 heavy (non-hydrogen) atoms. The van der Waals surface area contributed by atoms with E-state index in [1.54, 1.807) is 0 Å². The van der Waals surface area contributed by atoms with Gasteiger partial charge in [0, 0.05) is 18.0 Å². The number of nitrogens with zero attached hydrogens (tertiary/aromatic N) is 5. The van der Waals surface area contributed by atoms with Crippen molar-refractivity contribution in [3.05, 3.63) is 39.6 Å². The van der Waals surface area contributed by atoms with Gasteiger partial charge in [-0.2, -0.15) is 0 Å². The zero-order chi connectivity index (χ0) is 23.4. The van der Waals surface area contributed by atoms with E-state index in [-0.39, 0.29) is 17.8 Å². The van der Waals surface area contributed by atoms with E-state index in [2.05, 4.69) is 25.7 Å². The molecule has 0 aliphatic heterocycles. The van der Waals surface area contributed by atoms with Gasteiger partial charge >= 0.3 is 0 Å². The molecule has 0 spiro atoms. The van der Waals surface area contributed by atoms with Crippen molar-refractivity contribution in [2.45, 2.75) is 63.1 Å². The molecule has 1 aromatic carbocycles. The SMILES string of the molecule is Cc1cc(OC(C)c2nnc(SCC(=O)Nc3nnc(C4CCCCC4)s3)n2C)ccc1Cl. The van der Waals surface area contributed by atoms with Crippen molar-refractivity contribution >= 4 is 45.7 Å². The van der Waals surface area contributed by atoms with E-state index in [9.17, 15) is 4.79 Å². The summed E-state index contributed by atoms with van der Waals surface area (Å²) in [5.41, 5.74) is 0.947. The van der Waals surface area contributed by atoms with Crippen LogP contribution in [0.25, 0.3) is 0 Å². The lowest BCUT2D eigenvalue weighted by molar-refractivity contribution is -0.113. The van der Waals surface area contributed by atoms with Gasteiger partial charge in [0.25, 0.3) is 0 Å². The highest BCUT2D eigenvalue weighted by atomic mass is 35.5. The Bertz CT molecular complexity index is 1110. The first-order valence-electron chi connectivity index (χ1n) is 11.0. The lowest BCUT2D eigenvalue weighted by atomic mass is 9.90. The number of thioether (sulfide) groups is 1. The number of carbonyl (C=O) groups excluding carboxylic acids is 1. The van der Waals surface area contributed by atoms with E-state index in [1.807, 2.05) is 43.7 Å². The third-order valence-electron chi connectivity index (χ3n) is 5.65. The third kappa shape index (κ3) is 6.04. The molecule has 1 saturated carbocycles. The molecule has 1 atom stereocenters. The Hall–Kier alpha value is -2.17. The summed E-state index contributed by atoms with van der Waals surface area (Å²) < 4.78 is 7.85. The van der Waals surface area contributed by atoms with Crippen LogP contribution in [0.1, 0.15) is 67.4 Å². The van der Waals surface area contributed by atoms with E-state index in [4.69, 9.17) is 16.3 Å². The molecule has 0 radical (unpaired) electrons. The average molecular weight is 507 g/mol. The second kappa shape index (κ2) is 10.8. The number of aromatic nitrogens is 5. The number of halogens is 1. The Morgan fingerprint density at radius 2 is 2.06 bits per heavy atom. The topological polar surface area (TPSA) is 94.8 Å². The van der Waals surface area contributed by atoms with Gasteiger partial charge in [-0.25, -0.2) is 0 Å². The molecule has 4 rings (SSSR count). The van der Waals surface area contributed by atoms with Gasteiger partial charge < -0.3 is 9.30 Å². The van der Waals surface area contributed by atoms with Crippen molar-refractivity contribution in [3.8, 4) is 5.75 Å². The molecule has 1 aliphatic carbocycles. The highest BCUT2D eigenvalue weighted by molar-refractivity contribution is 7.99. The summed E-state index contributed by atoms with van der Waals surface area (Å²) in [5.74, 6) is 1.93. The predicted molar refractivity (Wildman–Crippen MR) is 131 cm³/mol. The van der Waals surface area contributed by atoms with Crippen LogP contribution in [0.3, 0.4) is 0 Å². The molecule has 3 aromatic rings. The summed E-state index contributed by atoms with van der Waals surface area (Å²) in [4.78, 5) is 12.4. The highest BCUT2D eigenvalue weighted by Gasteiger charge is 2.21. The summed E-state index contributed by atoms with van der Waals surface area (Å²) in [7, 11) is 1.86. The summed E-state index contributed by atoms with van der Waals surface area (Å²) in [5, 5.41) is 22.7. The van der Waals surface area contributed by atoms with Crippen molar-refractivity contribution in [3.63, 3.8) is 0 Å². The zero-order valence-electron chi connectivity index (χ0n) is 18.9. The van der Waals surface area contributed by atoms with Gasteiger partial charge in [0.2, 0.25) is 11.0 Å². The van der Waals surface area contributed by atoms with Crippen LogP contribution in [0.15, 0.2) is 23.4 Å².